The molecule has 0 bridgehead atoms. The normalized spacial score (nSPS) is 21.2. The topological polar surface area (TPSA) is 60.9 Å². The highest BCUT2D eigenvalue weighted by Crippen LogP contribution is 2.34. The van der Waals surface area contributed by atoms with Gasteiger partial charge in [-0.05, 0) is 48.2 Å². The Morgan fingerprint density at radius 2 is 1.57 bits per heavy atom. The van der Waals surface area contributed by atoms with E-state index >= 15 is 0 Å². The van der Waals surface area contributed by atoms with Crippen LogP contribution in [0.15, 0.2) is 48.5 Å². The van der Waals surface area contributed by atoms with Gasteiger partial charge in [0.25, 0.3) is 0 Å². The van der Waals surface area contributed by atoms with Gasteiger partial charge in [0.1, 0.15) is 0 Å². The van der Waals surface area contributed by atoms with Gasteiger partial charge in [0, 0.05) is 42.6 Å². The van der Waals surface area contributed by atoms with E-state index in [9.17, 15) is 14.7 Å². The first-order chi connectivity index (χ1) is 14.3. The van der Waals surface area contributed by atoms with Crippen molar-refractivity contribution >= 4 is 35.0 Å². The summed E-state index contributed by atoms with van der Waals surface area (Å²) in [7, 11) is 0. The van der Waals surface area contributed by atoms with Crippen molar-refractivity contribution in [3.05, 3.63) is 69.7 Å². The van der Waals surface area contributed by atoms with Crippen LogP contribution in [0.2, 0.25) is 10.0 Å². The SMILES string of the molecule is O=C1C[C@@H](C(=O)N2CCC(O)(c3ccc(Cl)cc3)CC2)CN1Cc1ccc(Cl)cc1. The predicted octanol–water partition coefficient (Wildman–Crippen LogP) is 3.85. The molecule has 0 saturated carbocycles. The highest BCUT2D eigenvalue weighted by molar-refractivity contribution is 6.30. The molecule has 2 aromatic carbocycles. The summed E-state index contributed by atoms with van der Waals surface area (Å²) in [6.07, 6.45) is 1.18. The van der Waals surface area contributed by atoms with Gasteiger partial charge < -0.3 is 14.9 Å². The van der Waals surface area contributed by atoms with E-state index in [1.807, 2.05) is 24.3 Å². The van der Waals surface area contributed by atoms with Crippen LogP contribution in [0.4, 0.5) is 0 Å². The number of benzene rings is 2. The smallest absolute Gasteiger partial charge is 0.227 e. The molecule has 1 N–H and O–H groups in total. The van der Waals surface area contributed by atoms with Crippen LogP contribution >= 0.6 is 23.2 Å². The van der Waals surface area contributed by atoms with Crippen molar-refractivity contribution < 1.29 is 14.7 Å². The second-order valence-corrected chi connectivity index (χ2v) is 9.04. The summed E-state index contributed by atoms with van der Waals surface area (Å²) >= 11 is 11.9. The van der Waals surface area contributed by atoms with Crippen LogP contribution in [0, 0.1) is 5.92 Å². The molecule has 2 aliphatic rings. The van der Waals surface area contributed by atoms with Crippen molar-refractivity contribution in [2.24, 2.45) is 5.92 Å². The molecule has 0 unspecified atom stereocenters. The maximum Gasteiger partial charge on any atom is 0.227 e. The maximum absolute atomic E-state index is 13.0. The summed E-state index contributed by atoms with van der Waals surface area (Å²) in [5.74, 6) is -0.329. The largest absolute Gasteiger partial charge is 0.385 e. The van der Waals surface area contributed by atoms with Crippen molar-refractivity contribution in [3.8, 4) is 0 Å². The van der Waals surface area contributed by atoms with Crippen LogP contribution in [-0.4, -0.2) is 46.4 Å². The lowest BCUT2D eigenvalue weighted by Gasteiger charge is -2.39. The number of aliphatic hydroxyl groups is 1. The first kappa shape index (κ1) is 21.2. The van der Waals surface area contributed by atoms with Crippen LogP contribution < -0.4 is 0 Å². The first-order valence-electron chi connectivity index (χ1n) is 10.1. The lowest BCUT2D eigenvalue weighted by molar-refractivity contribution is -0.140. The summed E-state index contributed by atoms with van der Waals surface area (Å²) in [6, 6.07) is 14.6. The number of amides is 2. The number of piperidine rings is 1. The molecular weight excluding hydrogens is 423 g/mol. The zero-order valence-corrected chi connectivity index (χ0v) is 18.1. The molecule has 2 amide bonds. The number of likely N-dealkylation sites (tertiary alicyclic amines) is 2. The molecule has 0 aromatic heterocycles. The number of hydrogen-bond donors (Lipinski definition) is 1. The van der Waals surface area contributed by atoms with Gasteiger partial charge >= 0.3 is 0 Å². The molecule has 0 spiro atoms. The van der Waals surface area contributed by atoms with Gasteiger partial charge in [0.15, 0.2) is 0 Å². The number of carbonyl (C=O) groups excluding carboxylic acids is 2. The van der Waals surface area contributed by atoms with Crippen LogP contribution in [0.3, 0.4) is 0 Å². The summed E-state index contributed by atoms with van der Waals surface area (Å²) < 4.78 is 0. The van der Waals surface area contributed by atoms with Crippen molar-refractivity contribution in [1.82, 2.24) is 9.80 Å². The van der Waals surface area contributed by atoms with Crippen LogP contribution in [0.25, 0.3) is 0 Å². The lowest BCUT2D eigenvalue weighted by atomic mass is 9.84. The monoisotopic (exact) mass is 446 g/mol. The highest BCUT2D eigenvalue weighted by atomic mass is 35.5. The second kappa shape index (κ2) is 8.58. The van der Waals surface area contributed by atoms with Crippen molar-refractivity contribution in [2.75, 3.05) is 19.6 Å². The molecule has 2 heterocycles. The van der Waals surface area contributed by atoms with E-state index in [4.69, 9.17) is 23.2 Å². The second-order valence-electron chi connectivity index (χ2n) is 8.17. The predicted molar refractivity (Wildman–Crippen MR) is 116 cm³/mol. The molecule has 2 aliphatic heterocycles. The molecule has 7 heteroatoms. The summed E-state index contributed by atoms with van der Waals surface area (Å²) in [5, 5.41) is 12.3. The van der Waals surface area contributed by atoms with Gasteiger partial charge in [-0.15, -0.1) is 0 Å². The molecule has 0 aliphatic carbocycles. The van der Waals surface area contributed by atoms with Gasteiger partial charge in [-0.2, -0.15) is 0 Å². The highest BCUT2D eigenvalue weighted by Gasteiger charge is 2.40. The van der Waals surface area contributed by atoms with Gasteiger partial charge in [0.05, 0.1) is 11.5 Å². The molecule has 2 aromatic rings. The minimum Gasteiger partial charge on any atom is -0.385 e. The fourth-order valence-electron chi connectivity index (χ4n) is 4.30. The third kappa shape index (κ3) is 4.48. The van der Waals surface area contributed by atoms with E-state index < -0.39 is 5.60 Å². The van der Waals surface area contributed by atoms with Crippen LogP contribution in [0.1, 0.15) is 30.4 Å². The Kier molecular flexibility index (Phi) is 6.05. The van der Waals surface area contributed by atoms with Gasteiger partial charge in [-0.3, -0.25) is 9.59 Å². The molecule has 0 radical (unpaired) electrons. The average Bonchev–Trinajstić information content (AvgIpc) is 3.10. The summed E-state index contributed by atoms with van der Waals surface area (Å²) in [5.41, 5.74) is 0.865. The molecule has 1 atom stereocenters. The molecule has 2 fully saturated rings. The van der Waals surface area contributed by atoms with Gasteiger partial charge in [-0.1, -0.05) is 47.5 Å². The number of nitrogens with zero attached hydrogens (tertiary/aromatic N) is 2. The molecule has 158 valence electrons. The summed E-state index contributed by atoms with van der Waals surface area (Å²) in [6.45, 7) is 1.86. The zero-order chi connectivity index (χ0) is 21.3. The van der Waals surface area contributed by atoms with E-state index in [1.165, 1.54) is 0 Å². The summed E-state index contributed by atoms with van der Waals surface area (Å²) in [4.78, 5) is 29.0. The zero-order valence-electron chi connectivity index (χ0n) is 16.6. The Labute approximate surface area is 186 Å². The third-order valence-corrected chi connectivity index (χ3v) is 6.64. The minimum absolute atomic E-state index is 0.000104. The standard InChI is InChI=1S/C23H24Cl2N2O3/c24-19-5-1-16(2-6-19)14-27-15-17(13-21(27)28)22(29)26-11-9-23(30,10-12-26)18-3-7-20(25)8-4-18/h1-8,17,30H,9-15H2/t17-/m1/s1. The van der Waals surface area contributed by atoms with Crippen molar-refractivity contribution in [1.29, 1.82) is 0 Å². The Balaban J connectivity index is 1.34. The molecular formula is C23H24Cl2N2O3. The Morgan fingerprint density at radius 3 is 2.17 bits per heavy atom. The molecule has 30 heavy (non-hydrogen) atoms. The van der Waals surface area contributed by atoms with E-state index in [0.717, 1.165) is 11.1 Å². The quantitative estimate of drug-likeness (QED) is 0.775. The van der Waals surface area contributed by atoms with E-state index in [0.29, 0.717) is 49.1 Å². The number of hydrogen-bond acceptors (Lipinski definition) is 3. The average molecular weight is 447 g/mol. The molecule has 5 nitrogen and oxygen atoms in total. The molecule has 2 saturated heterocycles. The Bertz CT molecular complexity index is 922. The fourth-order valence-corrected chi connectivity index (χ4v) is 4.56. The Morgan fingerprint density at radius 1 is 1.00 bits per heavy atom. The number of carbonyl (C=O) groups is 2. The van der Waals surface area contributed by atoms with Crippen LogP contribution in [0.5, 0.6) is 0 Å². The maximum atomic E-state index is 13.0. The van der Waals surface area contributed by atoms with Crippen molar-refractivity contribution in [3.63, 3.8) is 0 Å². The van der Waals surface area contributed by atoms with Gasteiger partial charge in [0.2, 0.25) is 11.8 Å². The minimum atomic E-state index is -0.951. The molecule has 4 rings (SSSR count). The number of halogens is 2. The lowest BCUT2D eigenvalue weighted by Crippen LogP contribution is -2.47. The Hall–Kier alpha value is -2.08. The van der Waals surface area contributed by atoms with E-state index in [1.54, 1.807) is 34.1 Å². The number of rotatable bonds is 4. The third-order valence-electron chi connectivity index (χ3n) is 6.13. The fraction of sp³-hybridized carbons (Fsp3) is 0.391. The van der Waals surface area contributed by atoms with Crippen molar-refractivity contribution in [2.45, 2.75) is 31.4 Å². The van der Waals surface area contributed by atoms with Gasteiger partial charge in [-0.25, -0.2) is 0 Å². The van der Waals surface area contributed by atoms with E-state index in [2.05, 4.69) is 0 Å². The first-order valence-corrected chi connectivity index (χ1v) is 10.9. The van der Waals surface area contributed by atoms with E-state index in [-0.39, 0.29) is 24.2 Å². The van der Waals surface area contributed by atoms with Crippen LogP contribution in [-0.2, 0) is 21.7 Å².